The third-order valence-electron chi connectivity index (χ3n) is 5.79. The number of piperazine rings is 1. The monoisotopic (exact) mass is 450 g/mol. The van der Waals surface area contributed by atoms with Crippen LogP contribution in [0.1, 0.15) is 38.6 Å². The number of benzene rings is 1. The van der Waals surface area contributed by atoms with Crippen molar-refractivity contribution < 1.29 is 13.9 Å². The summed E-state index contributed by atoms with van der Waals surface area (Å²) in [6.07, 6.45) is 1.39. The average molecular weight is 451 g/mol. The first-order chi connectivity index (χ1) is 15.8. The topological polar surface area (TPSA) is 80.8 Å². The van der Waals surface area contributed by atoms with Crippen LogP contribution < -0.4 is 10.2 Å². The van der Waals surface area contributed by atoms with Crippen LogP contribution in [0.25, 0.3) is 0 Å². The van der Waals surface area contributed by atoms with Crippen LogP contribution in [-0.2, 0) is 20.2 Å². The molecule has 1 amide bonds. The maximum Gasteiger partial charge on any atom is 0.272 e. The summed E-state index contributed by atoms with van der Waals surface area (Å²) in [7, 11) is 1.79. The van der Waals surface area contributed by atoms with E-state index in [0.717, 1.165) is 22.4 Å². The zero-order chi connectivity index (χ0) is 23.5. The van der Waals surface area contributed by atoms with Crippen LogP contribution in [0, 0.1) is 20.8 Å². The van der Waals surface area contributed by atoms with Gasteiger partial charge >= 0.3 is 0 Å². The summed E-state index contributed by atoms with van der Waals surface area (Å²) < 4.78 is 13.0. The van der Waals surface area contributed by atoms with Crippen LogP contribution >= 0.6 is 0 Å². The highest BCUT2D eigenvalue weighted by Crippen LogP contribution is 2.15. The van der Waals surface area contributed by atoms with Gasteiger partial charge in [-0.2, -0.15) is 5.10 Å². The van der Waals surface area contributed by atoms with Gasteiger partial charge in [0.05, 0.1) is 12.2 Å². The molecule has 0 unspecified atom stereocenters. The van der Waals surface area contributed by atoms with Crippen LogP contribution in [0.2, 0.25) is 0 Å². The molecule has 174 valence electrons. The van der Waals surface area contributed by atoms with E-state index >= 15 is 0 Å². The van der Waals surface area contributed by atoms with E-state index in [1.165, 1.54) is 12.3 Å². The van der Waals surface area contributed by atoms with Gasteiger partial charge in [0, 0.05) is 39.3 Å². The van der Waals surface area contributed by atoms with Gasteiger partial charge in [0.2, 0.25) is 11.2 Å². The molecular weight excluding hydrogens is 420 g/mol. The molecule has 1 aliphatic rings. The average Bonchev–Trinajstić information content (AvgIpc) is 3.10. The Morgan fingerprint density at radius 3 is 2.33 bits per heavy atom. The van der Waals surface area contributed by atoms with E-state index in [2.05, 4.69) is 16.1 Å². The number of aryl methyl sites for hydroxylation is 4. The number of aromatic nitrogens is 2. The molecule has 0 saturated carbocycles. The quantitative estimate of drug-likeness (QED) is 0.575. The molecule has 8 nitrogen and oxygen atoms in total. The molecule has 0 spiro atoms. The minimum Gasteiger partial charge on any atom is -0.482 e. The molecule has 2 aromatic heterocycles. The van der Waals surface area contributed by atoms with Crippen molar-refractivity contribution in [2.24, 2.45) is 7.05 Å². The Hall–Kier alpha value is -3.39. The Morgan fingerprint density at radius 1 is 1.03 bits per heavy atom. The number of carbonyl (C=O) groups excluding carboxylic acids is 1. The molecule has 3 heterocycles. The second-order valence-corrected chi connectivity index (χ2v) is 8.72. The van der Waals surface area contributed by atoms with Crippen molar-refractivity contribution in [3.63, 3.8) is 0 Å². The number of amides is 1. The van der Waals surface area contributed by atoms with E-state index in [1.807, 2.05) is 43.9 Å². The van der Waals surface area contributed by atoms with Gasteiger partial charge in [0.25, 0.3) is 5.91 Å². The molecule has 0 radical (unpaired) electrons. The van der Waals surface area contributed by atoms with Gasteiger partial charge in [-0.1, -0.05) is 29.3 Å². The molecular formula is C25H30N4O4. The molecule has 0 bridgehead atoms. The Bertz CT molecular complexity index is 1190. The first-order valence-corrected chi connectivity index (χ1v) is 11.1. The molecule has 0 N–H and O–H groups in total. The van der Waals surface area contributed by atoms with Crippen molar-refractivity contribution in [3.05, 3.63) is 80.7 Å². The number of carbonyl (C=O) groups is 1. The van der Waals surface area contributed by atoms with Crippen LogP contribution in [0.3, 0.4) is 0 Å². The van der Waals surface area contributed by atoms with Crippen LogP contribution in [-0.4, -0.2) is 51.7 Å². The molecule has 3 aromatic rings. The Kier molecular flexibility index (Phi) is 6.65. The molecule has 1 saturated heterocycles. The number of hydrogen-bond acceptors (Lipinski definition) is 6. The van der Waals surface area contributed by atoms with Gasteiger partial charge in [0.1, 0.15) is 24.3 Å². The van der Waals surface area contributed by atoms with E-state index in [4.69, 9.17) is 9.15 Å². The fraction of sp³-hybridized carbons (Fsp3) is 0.400. The predicted octanol–water partition coefficient (Wildman–Crippen LogP) is 2.84. The zero-order valence-electron chi connectivity index (χ0n) is 19.6. The Labute approximate surface area is 193 Å². The standard InChI is InChI=1S/C25H30N4O4/c1-17-9-18(2)11-20(10-17)15-33-24-16-32-21(13-23(24)30)14-28-5-7-29(8-6-28)25(31)22-12-19(3)26-27(22)4/h9-13,16H,5-8,14-15H2,1-4H3. The van der Waals surface area contributed by atoms with Crippen LogP contribution in [0.5, 0.6) is 5.75 Å². The Balaban J connectivity index is 1.31. The highest BCUT2D eigenvalue weighted by atomic mass is 16.5. The second-order valence-electron chi connectivity index (χ2n) is 8.72. The number of nitrogens with zero attached hydrogens (tertiary/aromatic N) is 4. The number of ether oxygens (including phenoxy) is 1. The maximum atomic E-state index is 12.8. The fourth-order valence-corrected chi connectivity index (χ4v) is 4.24. The van der Waals surface area contributed by atoms with Crippen molar-refractivity contribution >= 4 is 5.91 Å². The normalized spacial score (nSPS) is 14.5. The Morgan fingerprint density at radius 2 is 1.73 bits per heavy atom. The molecule has 0 atom stereocenters. The van der Waals surface area contributed by atoms with Crippen molar-refractivity contribution in [2.75, 3.05) is 26.2 Å². The first-order valence-electron chi connectivity index (χ1n) is 11.1. The molecule has 8 heteroatoms. The molecule has 1 aliphatic heterocycles. The number of hydrogen-bond donors (Lipinski definition) is 0. The smallest absolute Gasteiger partial charge is 0.272 e. The maximum absolute atomic E-state index is 12.8. The summed E-state index contributed by atoms with van der Waals surface area (Å²) in [6.45, 7) is 9.42. The van der Waals surface area contributed by atoms with Crippen LogP contribution in [0.4, 0.5) is 0 Å². The van der Waals surface area contributed by atoms with Crippen molar-refractivity contribution in [1.29, 1.82) is 0 Å². The van der Waals surface area contributed by atoms with Gasteiger partial charge in [-0.05, 0) is 32.4 Å². The summed E-state index contributed by atoms with van der Waals surface area (Å²) in [4.78, 5) is 29.3. The molecule has 33 heavy (non-hydrogen) atoms. The zero-order valence-corrected chi connectivity index (χ0v) is 19.6. The third-order valence-corrected chi connectivity index (χ3v) is 5.79. The van der Waals surface area contributed by atoms with Gasteiger partial charge in [-0.25, -0.2) is 0 Å². The lowest BCUT2D eigenvalue weighted by atomic mass is 10.1. The predicted molar refractivity (Wildman–Crippen MR) is 124 cm³/mol. The van der Waals surface area contributed by atoms with Gasteiger partial charge < -0.3 is 14.1 Å². The lowest BCUT2D eigenvalue weighted by Crippen LogP contribution is -2.48. The second kappa shape index (κ2) is 9.62. The van der Waals surface area contributed by atoms with Crippen molar-refractivity contribution in [2.45, 2.75) is 33.9 Å². The molecule has 1 fully saturated rings. The van der Waals surface area contributed by atoms with E-state index in [1.54, 1.807) is 11.7 Å². The lowest BCUT2D eigenvalue weighted by molar-refractivity contribution is 0.0608. The van der Waals surface area contributed by atoms with E-state index in [0.29, 0.717) is 50.8 Å². The van der Waals surface area contributed by atoms with Crippen molar-refractivity contribution in [1.82, 2.24) is 19.6 Å². The van der Waals surface area contributed by atoms with Crippen LogP contribution in [0.15, 0.2) is 45.8 Å². The number of rotatable bonds is 6. The SMILES string of the molecule is Cc1cc(C)cc(COc2coc(CN3CCN(C(=O)c4cc(C)nn4C)CC3)cc2=O)c1. The highest BCUT2D eigenvalue weighted by molar-refractivity contribution is 5.92. The van der Waals surface area contributed by atoms with Gasteiger partial charge in [0.15, 0.2) is 0 Å². The highest BCUT2D eigenvalue weighted by Gasteiger charge is 2.24. The van der Waals surface area contributed by atoms with E-state index in [9.17, 15) is 9.59 Å². The van der Waals surface area contributed by atoms with E-state index < -0.39 is 0 Å². The molecule has 0 aliphatic carbocycles. The lowest BCUT2D eigenvalue weighted by Gasteiger charge is -2.34. The summed E-state index contributed by atoms with van der Waals surface area (Å²) in [6, 6.07) is 9.49. The summed E-state index contributed by atoms with van der Waals surface area (Å²) in [5.74, 6) is 0.787. The molecule has 4 rings (SSSR count). The summed E-state index contributed by atoms with van der Waals surface area (Å²) in [5, 5.41) is 4.26. The van der Waals surface area contributed by atoms with Gasteiger partial charge in [-0.15, -0.1) is 0 Å². The molecule has 1 aromatic carbocycles. The van der Waals surface area contributed by atoms with E-state index in [-0.39, 0.29) is 17.1 Å². The van der Waals surface area contributed by atoms with Crippen molar-refractivity contribution in [3.8, 4) is 5.75 Å². The summed E-state index contributed by atoms with van der Waals surface area (Å²) >= 11 is 0. The fourth-order valence-electron chi connectivity index (χ4n) is 4.24. The largest absolute Gasteiger partial charge is 0.482 e. The summed E-state index contributed by atoms with van der Waals surface area (Å²) in [5.41, 5.74) is 4.58. The third kappa shape index (κ3) is 5.51. The minimum atomic E-state index is -0.194. The first kappa shape index (κ1) is 22.8. The van der Waals surface area contributed by atoms with Gasteiger partial charge in [-0.3, -0.25) is 19.2 Å². The minimum absolute atomic E-state index is 0.00501.